The van der Waals surface area contributed by atoms with Crippen LogP contribution in [0.4, 0.5) is 17.3 Å². The second-order valence-corrected chi connectivity index (χ2v) is 4.23. The Balaban J connectivity index is 2.01. The molecule has 2 aromatic rings. The first-order chi connectivity index (χ1) is 10.2. The molecule has 8 nitrogen and oxygen atoms in total. The predicted octanol–water partition coefficient (Wildman–Crippen LogP) is 1.03. The Bertz CT molecular complexity index is 603. The van der Waals surface area contributed by atoms with Gasteiger partial charge >= 0.3 is 0 Å². The Morgan fingerprint density at radius 1 is 1.33 bits per heavy atom. The van der Waals surface area contributed by atoms with Crippen LogP contribution in [0.3, 0.4) is 0 Å². The Kier molecular flexibility index (Phi) is 4.86. The second kappa shape index (κ2) is 7.04. The van der Waals surface area contributed by atoms with Gasteiger partial charge in [-0.3, -0.25) is 20.6 Å². The lowest BCUT2D eigenvalue weighted by Crippen LogP contribution is -2.30. The number of amides is 1. The minimum absolute atomic E-state index is 0.329. The maximum Gasteiger partial charge on any atom is 0.271 e. The zero-order valence-electron chi connectivity index (χ0n) is 11.6. The third kappa shape index (κ3) is 3.78. The molecule has 8 heteroatoms. The van der Waals surface area contributed by atoms with E-state index in [4.69, 9.17) is 5.73 Å². The largest absolute Gasteiger partial charge is 0.393 e. The number of nitrogens with two attached hydrogens (primary N) is 1. The monoisotopic (exact) mass is 287 g/mol. The molecule has 0 fully saturated rings. The number of carbonyl (C=O) groups excluding carboxylic acids is 1. The second-order valence-electron chi connectivity index (χ2n) is 4.23. The average Bonchev–Trinajstić information content (AvgIpc) is 2.53. The summed E-state index contributed by atoms with van der Waals surface area (Å²) in [7, 11) is 0. The number of nitrogens with zero attached hydrogens (tertiary/aromatic N) is 3. The summed E-state index contributed by atoms with van der Waals surface area (Å²) in [6, 6.07) is 3.34. The summed E-state index contributed by atoms with van der Waals surface area (Å²) in [4.78, 5) is 23.8. The SMILES string of the molecule is CCCNc1ncnc(NNC(=O)c2cccnc2)c1N. The van der Waals surface area contributed by atoms with Crippen molar-refractivity contribution >= 4 is 23.2 Å². The molecule has 0 aliphatic rings. The van der Waals surface area contributed by atoms with E-state index in [2.05, 4.69) is 31.1 Å². The molecular weight excluding hydrogens is 270 g/mol. The first kappa shape index (κ1) is 14.5. The van der Waals surface area contributed by atoms with Crippen molar-refractivity contribution in [3.05, 3.63) is 36.4 Å². The lowest BCUT2D eigenvalue weighted by molar-refractivity contribution is 0.0962. The van der Waals surface area contributed by atoms with E-state index in [0.717, 1.165) is 13.0 Å². The van der Waals surface area contributed by atoms with Gasteiger partial charge in [0.05, 0.1) is 5.56 Å². The van der Waals surface area contributed by atoms with Gasteiger partial charge in [-0.2, -0.15) is 0 Å². The van der Waals surface area contributed by atoms with Crippen molar-refractivity contribution in [1.82, 2.24) is 20.4 Å². The van der Waals surface area contributed by atoms with Gasteiger partial charge in [-0.15, -0.1) is 0 Å². The quantitative estimate of drug-likeness (QED) is 0.586. The van der Waals surface area contributed by atoms with Crippen molar-refractivity contribution < 1.29 is 4.79 Å². The molecule has 0 saturated carbocycles. The van der Waals surface area contributed by atoms with Gasteiger partial charge < -0.3 is 11.1 Å². The molecule has 0 aliphatic heterocycles. The molecule has 0 unspecified atom stereocenters. The Morgan fingerprint density at radius 3 is 2.86 bits per heavy atom. The van der Waals surface area contributed by atoms with E-state index in [1.54, 1.807) is 18.3 Å². The first-order valence-electron chi connectivity index (χ1n) is 6.53. The van der Waals surface area contributed by atoms with Crippen LogP contribution in [0, 0.1) is 0 Å². The van der Waals surface area contributed by atoms with Crippen LogP contribution in [0.5, 0.6) is 0 Å². The van der Waals surface area contributed by atoms with E-state index in [-0.39, 0.29) is 5.91 Å². The number of hydrogen-bond donors (Lipinski definition) is 4. The van der Waals surface area contributed by atoms with Crippen molar-refractivity contribution in [2.75, 3.05) is 23.0 Å². The molecule has 5 N–H and O–H groups in total. The molecule has 0 aliphatic carbocycles. The first-order valence-corrected chi connectivity index (χ1v) is 6.53. The van der Waals surface area contributed by atoms with Crippen molar-refractivity contribution in [2.24, 2.45) is 0 Å². The van der Waals surface area contributed by atoms with Gasteiger partial charge in [0, 0.05) is 18.9 Å². The summed E-state index contributed by atoms with van der Waals surface area (Å²) >= 11 is 0. The normalized spacial score (nSPS) is 9.95. The number of nitrogens with one attached hydrogen (secondary N) is 3. The van der Waals surface area contributed by atoms with E-state index in [1.165, 1.54) is 12.5 Å². The van der Waals surface area contributed by atoms with Crippen LogP contribution >= 0.6 is 0 Å². The summed E-state index contributed by atoms with van der Waals surface area (Å²) in [6.45, 7) is 2.79. The summed E-state index contributed by atoms with van der Waals surface area (Å²) in [5, 5.41) is 3.08. The number of hydrogen-bond acceptors (Lipinski definition) is 7. The van der Waals surface area contributed by atoms with E-state index >= 15 is 0 Å². The molecule has 110 valence electrons. The van der Waals surface area contributed by atoms with Crippen LogP contribution in [0.1, 0.15) is 23.7 Å². The third-order valence-corrected chi connectivity index (χ3v) is 2.64. The molecule has 0 spiro atoms. The average molecular weight is 287 g/mol. The Hall–Kier alpha value is -2.90. The number of rotatable bonds is 6. The fourth-order valence-corrected chi connectivity index (χ4v) is 1.56. The fourth-order valence-electron chi connectivity index (χ4n) is 1.56. The Labute approximate surface area is 122 Å². The van der Waals surface area contributed by atoms with Crippen molar-refractivity contribution in [3.8, 4) is 0 Å². The molecule has 2 rings (SSSR count). The molecule has 0 atom stereocenters. The summed E-state index contributed by atoms with van der Waals surface area (Å²) in [5.74, 6) is 0.537. The number of anilines is 3. The van der Waals surface area contributed by atoms with E-state index < -0.39 is 0 Å². The third-order valence-electron chi connectivity index (χ3n) is 2.64. The van der Waals surface area contributed by atoms with Crippen LogP contribution in [0.25, 0.3) is 0 Å². The topological polar surface area (TPSA) is 118 Å². The molecule has 0 aromatic carbocycles. The minimum atomic E-state index is -0.329. The summed E-state index contributed by atoms with van der Waals surface area (Å²) in [6.07, 6.45) is 5.38. The number of nitrogen functional groups attached to an aromatic ring is 1. The summed E-state index contributed by atoms with van der Waals surface area (Å²) in [5.41, 5.74) is 11.9. The highest BCUT2D eigenvalue weighted by molar-refractivity contribution is 5.94. The standard InChI is InChI=1S/C13H17N7O/c1-2-5-16-11-10(14)12(18-8-17-11)19-20-13(21)9-4-3-6-15-7-9/h3-4,6-8H,2,5,14H2,1H3,(H,20,21)(H2,16,17,18,19). The zero-order valence-corrected chi connectivity index (χ0v) is 11.6. The van der Waals surface area contributed by atoms with Gasteiger partial charge in [-0.1, -0.05) is 6.92 Å². The number of aromatic nitrogens is 3. The van der Waals surface area contributed by atoms with Crippen LogP contribution < -0.4 is 21.9 Å². The van der Waals surface area contributed by atoms with Gasteiger partial charge in [0.25, 0.3) is 5.91 Å². The van der Waals surface area contributed by atoms with Gasteiger partial charge in [0.1, 0.15) is 12.0 Å². The van der Waals surface area contributed by atoms with Crippen LogP contribution in [-0.2, 0) is 0 Å². The maximum absolute atomic E-state index is 11.9. The molecule has 0 saturated heterocycles. The minimum Gasteiger partial charge on any atom is -0.393 e. The van der Waals surface area contributed by atoms with Gasteiger partial charge in [-0.05, 0) is 18.6 Å². The van der Waals surface area contributed by atoms with Crippen LogP contribution in [0.15, 0.2) is 30.9 Å². The number of pyridine rings is 1. The lowest BCUT2D eigenvalue weighted by atomic mass is 10.3. The predicted molar refractivity (Wildman–Crippen MR) is 80.6 cm³/mol. The molecule has 21 heavy (non-hydrogen) atoms. The smallest absolute Gasteiger partial charge is 0.271 e. The molecule has 0 bridgehead atoms. The van der Waals surface area contributed by atoms with Gasteiger partial charge in [-0.25, -0.2) is 9.97 Å². The van der Waals surface area contributed by atoms with Gasteiger partial charge in [0.15, 0.2) is 11.6 Å². The van der Waals surface area contributed by atoms with Crippen LogP contribution in [-0.4, -0.2) is 27.4 Å². The van der Waals surface area contributed by atoms with E-state index in [1.807, 2.05) is 6.92 Å². The van der Waals surface area contributed by atoms with Crippen LogP contribution in [0.2, 0.25) is 0 Å². The molecule has 1 amide bonds. The van der Waals surface area contributed by atoms with Crippen molar-refractivity contribution in [1.29, 1.82) is 0 Å². The fraction of sp³-hybridized carbons (Fsp3) is 0.231. The Morgan fingerprint density at radius 2 is 2.14 bits per heavy atom. The molecule has 2 heterocycles. The van der Waals surface area contributed by atoms with Crippen molar-refractivity contribution in [2.45, 2.75) is 13.3 Å². The molecular formula is C13H17N7O. The number of carbonyl (C=O) groups is 1. The zero-order chi connectivity index (χ0) is 15.1. The highest BCUT2D eigenvalue weighted by atomic mass is 16.2. The highest BCUT2D eigenvalue weighted by Gasteiger charge is 2.09. The molecule has 2 aromatic heterocycles. The van der Waals surface area contributed by atoms with E-state index in [9.17, 15) is 4.79 Å². The lowest BCUT2D eigenvalue weighted by Gasteiger charge is -2.12. The van der Waals surface area contributed by atoms with Crippen molar-refractivity contribution in [3.63, 3.8) is 0 Å². The summed E-state index contributed by atoms with van der Waals surface area (Å²) < 4.78 is 0. The van der Waals surface area contributed by atoms with Gasteiger partial charge in [0.2, 0.25) is 0 Å². The maximum atomic E-state index is 11.9. The molecule has 0 radical (unpaired) electrons. The van der Waals surface area contributed by atoms with E-state index in [0.29, 0.717) is 22.9 Å². The number of hydrazine groups is 1. The highest BCUT2D eigenvalue weighted by Crippen LogP contribution is 2.21.